The molecule has 136 valence electrons. The fourth-order valence-corrected chi connectivity index (χ4v) is 4.33. The van der Waals surface area contributed by atoms with Gasteiger partial charge in [-0.15, -0.1) is 0 Å². The molecule has 2 heterocycles. The molecule has 1 aromatic carbocycles. The first-order chi connectivity index (χ1) is 12.6. The Bertz CT molecular complexity index is 765. The number of halogens is 1. The second-order valence-corrected chi connectivity index (χ2v) is 7.30. The van der Waals surface area contributed by atoms with Gasteiger partial charge in [-0.25, -0.2) is 14.2 Å². The fraction of sp³-hybridized carbons (Fsp3) is 0.400. The van der Waals surface area contributed by atoms with E-state index in [2.05, 4.69) is 9.88 Å². The normalized spacial score (nSPS) is 24.5. The Morgan fingerprint density at radius 2 is 1.77 bits per heavy atom. The molecule has 26 heavy (non-hydrogen) atoms. The van der Waals surface area contributed by atoms with Crippen molar-refractivity contribution in [1.29, 1.82) is 0 Å². The lowest BCUT2D eigenvalue weighted by Gasteiger charge is -2.20. The second-order valence-electron chi connectivity index (χ2n) is 7.30. The largest absolute Gasteiger partial charge is 0.449 e. The van der Waals surface area contributed by atoms with Crippen molar-refractivity contribution in [2.24, 2.45) is 23.5 Å². The van der Waals surface area contributed by atoms with Gasteiger partial charge >= 0.3 is 6.09 Å². The molecule has 2 fully saturated rings. The number of nitrogens with two attached hydrogens (primary N) is 1. The lowest BCUT2D eigenvalue weighted by atomic mass is 10.0. The monoisotopic (exact) mass is 355 g/mol. The molecule has 0 bridgehead atoms. The fourth-order valence-electron chi connectivity index (χ4n) is 4.33. The zero-order valence-electron chi connectivity index (χ0n) is 14.5. The minimum Gasteiger partial charge on any atom is -0.449 e. The van der Waals surface area contributed by atoms with Crippen molar-refractivity contribution in [2.45, 2.75) is 12.8 Å². The maximum absolute atomic E-state index is 13.0. The smallest absolute Gasteiger partial charge is 0.404 e. The molecular weight excluding hydrogens is 333 g/mol. The van der Waals surface area contributed by atoms with E-state index in [1.54, 1.807) is 12.1 Å². The molecule has 1 aliphatic carbocycles. The first-order valence-electron chi connectivity index (χ1n) is 8.97. The molecule has 1 saturated heterocycles. The number of carbonyl (C=O) groups excluding carboxylic acids is 1. The maximum atomic E-state index is 13.0. The number of nitrogens with zero attached hydrogens (tertiary/aromatic N) is 2. The molecule has 2 aliphatic rings. The van der Waals surface area contributed by atoms with Crippen LogP contribution in [0.25, 0.3) is 11.1 Å². The van der Waals surface area contributed by atoms with Gasteiger partial charge in [0.05, 0.1) is 6.61 Å². The van der Waals surface area contributed by atoms with Gasteiger partial charge in [0.25, 0.3) is 0 Å². The molecule has 3 atom stereocenters. The van der Waals surface area contributed by atoms with Crippen molar-refractivity contribution in [3.63, 3.8) is 0 Å². The average Bonchev–Trinajstić information content (AvgIpc) is 3.19. The number of rotatable bonds is 4. The van der Waals surface area contributed by atoms with Crippen molar-refractivity contribution in [1.82, 2.24) is 4.98 Å². The van der Waals surface area contributed by atoms with E-state index in [0.29, 0.717) is 24.4 Å². The summed E-state index contributed by atoms with van der Waals surface area (Å²) in [5.41, 5.74) is 6.99. The highest BCUT2D eigenvalue weighted by Crippen LogP contribution is 2.42. The average molecular weight is 355 g/mol. The van der Waals surface area contributed by atoms with Crippen LogP contribution in [0, 0.1) is 23.6 Å². The first-order valence-corrected chi connectivity index (χ1v) is 8.97. The predicted octanol–water partition coefficient (Wildman–Crippen LogP) is 3.45. The Morgan fingerprint density at radius 1 is 1.12 bits per heavy atom. The van der Waals surface area contributed by atoms with Gasteiger partial charge in [-0.3, -0.25) is 0 Å². The topological polar surface area (TPSA) is 68.5 Å². The summed E-state index contributed by atoms with van der Waals surface area (Å²) in [5, 5.41) is 0. The third kappa shape index (κ3) is 3.49. The second kappa shape index (κ2) is 6.94. The minimum absolute atomic E-state index is 0.235. The minimum atomic E-state index is -0.686. The Morgan fingerprint density at radius 3 is 2.35 bits per heavy atom. The number of benzene rings is 1. The van der Waals surface area contributed by atoms with Crippen LogP contribution in [0.3, 0.4) is 0 Å². The summed E-state index contributed by atoms with van der Waals surface area (Å²) >= 11 is 0. The van der Waals surface area contributed by atoms with Gasteiger partial charge in [0.1, 0.15) is 11.6 Å². The predicted molar refractivity (Wildman–Crippen MR) is 97.1 cm³/mol. The van der Waals surface area contributed by atoms with Gasteiger partial charge in [-0.1, -0.05) is 12.1 Å². The summed E-state index contributed by atoms with van der Waals surface area (Å²) in [5.74, 6) is 2.41. The number of aromatic nitrogens is 1. The van der Waals surface area contributed by atoms with Gasteiger partial charge in [0.2, 0.25) is 0 Å². The number of hydrogen-bond acceptors (Lipinski definition) is 4. The Kier molecular flexibility index (Phi) is 4.49. The molecule has 4 rings (SSSR count). The van der Waals surface area contributed by atoms with Crippen molar-refractivity contribution in [2.75, 3.05) is 24.6 Å². The van der Waals surface area contributed by atoms with E-state index in [1.807, 2.05) is 18.3 Å². The van der Waals surface area contributed by atoms with Crippen molar-refractivity contribution in [3.8, 4) is 11.1 Å². The van der Waals surface area contributed by atoms with Crippen LogP contribution in [-0.4, -0.2) is 30.8 Å². The summed E-state index contributed by atoms with van der Waals surface area (Å²) in [7, 11) is 0. The van der Waals surface area contributed by atoms with Gasteiger partial charge in [0.15, 0.2) is 0 Å². The molecule has 2 N–H and O–H groups in total. The molecule has 5 nitrogen and oxygen atoms in total. The number of primary amides is 1. The summed E-state index contributed by atoms with van der Waals surface area (Å²) in [6.07, 6.45) is 3.30. The van der Waals surface area contributed by atoms with Crippen LogP contribution in [0.2, 0.25) is 0 Å². The van der Waals surface area contributed by atoms with E-state index in [-0.39, 0.29) is 5.82 Å². The molecular formula is C20H22FN3O2. The van der Waals surface area contributed by atoms with E-state index in [9.17, 15) is 9.18 Å². The molecule has 1 unspecified atom stereocenters. The summed E-state index contributed by atoms with van der Waals surface area (Å²) in [4.78, 5) is 17.7. The molecule has 2 aromatic rings. The first kappa shape index (κ1) is 16.8. The van der Waals surface area contributed by atoms with E-state index >= 15 is 0 Å². The Labute approximate surface area is 152 Å². The number of hydrogen-bond donors (Lipinski definition) is 1. The highest BCUT2D eigenvalue weighted by Gasteiger charge is 2.41. The summed E-state index contributed by atoms with van der Waals surface area (Å²) in [6, 6.07) is 10.5. The number of anilines is 1. The standard InChI is InChI=1S/C20H22FN3O2/c21-18-4-1-14(2-5-18)15-3-6-19(23-9-15)24-10-16-7-13(8-17(16)11-24)12-26-20(22)25/h1-6,9,13,16-17H,7-8,10-12H2,(H2,22,25)/t13?,16-,17+. The highest BCUT2D eigenvalue weighted by atomic mass is 19.1. The Hall–Kier alpha value is -2.63. The highest BCUT2D eigenvalue weighted by molar-refractivity contribution is 5.64. The number of pyridine rings is 1. The SMILES string of the molecule is NC(=O)OCC1C[C@@H]2CN(c3ccc(-c4ccc(F)cc4)cn3)C[C@@H]2C1. The van der Waals surface area contributed by atoms with E-state index in [4.69, 9.17) is 10.5 Å². The van der Waals surface area contributed by atoms with Crippen molar-refractivity contribution >= 4 is 11.9 Å². The van der Waals surface area contributed by atoms with Gasteiger partial charge in [-0.05, 0) is 60.4 Å². The van der Waals surface area contributed by atoms with Gasteiger partial charge in [-0.2, -0.15) is 0 Å². The van der Waals surface area contributed by atoms with Crippen LogP contribution in [0.15, 0.2) is 42.6 Å². The zero-order valence-corrected chi connectivity index (χ0v) is 14.5. The number of carbonyl (C=O) groups is 1. The van der Waals surface area contributed by atoms with E-state index < -0.39 is 6.09 Å². The van der Waals surface area contributed by atoms with Crippen LogP contribution in [-0.2, 0) is 4.74 Å². The van der Waals surface area contributed by atoms with Crippen LogP contribution in [0.1, 0.15) is 12.8 Å². The van der Waals surface area contributed by atoms with Crippen molar-refractivity contribution < 1.29 is 13.9 Å². The molecule has 0 radical (unpaired) electrons. The van der Waals surface area contributed by atoms with Crippen LogP contribution in [0.5, 0.6) is 0 Å². The summed E-state index contributed by atoms with van der Waals surface area (Å²) < 4.78 is 18.0. The van der Waals surface area contributed by atoms with Gasteiger partial charge < -0.3 is 15.4 Å². The molecule has 1 amide bonds. The quantitative estimate of drug-likeness (QED) is 0.912. The lowest BCUT2D eigenvalue weighted by Crippen LogP contribution is -2.24. The van der Waals surface area contributed by atoms with E-state index in [1.165, 1.54) is 12.1 Å². The molecule has 6 heteroatoms. The molecule has 1 aromatic heterocycles. The third-order valence-corrected chi connectivity index (χ3v) is 5.56. The van der Waals surface area contributed by atoms with Crippen LogP contribution in [0.4, 0.5) is 15.0 Å². The van der Waals surface area contributed by atoms with Crippen molar-refractivity contribution in [3.05, 3.63) is 48.4 Å². The number of ether oxygens (including phenoxy) is 1. The van der Waals surface area contributed by atoms with Crippen LogP contribution < -0.4 is 10.6 Å². The third-order valence-electron chi connectivity index (χ3n) is 5.56. The van der Waals surface area contributed by atoms with Gasteiger partial charge in [0, 0.05) is 24.8 Å². The maximum Gasteiger partial charge on any atom is 0.404 e. The molecule has 1 aliphatic heterocycles. The number of fused-ring (bicyclic) bond motifs is 1. The number of amides is 1. The lowest BCUT2D eigenvalue weighted by molar-refractivity contribution is 0.135. The molecule has 1 saturated carbocycles. The Balaban J connectivity index is 1.37. The summed E-state index contributed by atoms with van der Waals surface area (Å²) in [6.45, 7) is 2.41. The van der Waals surface area contributed by atoms with Crippen LogP contribution >= 0.6 is 0 Å². The zero-order chi connectivity index (χ0) is 18.1. The molecule has 0 spiro atoms. The van der Waals surface area contributed by atoms with E-state index in [0.717, 1.165) is 42.9 Å².